The Morgan fingerprint density at radius 3 is 3.05 bits per heavy atom. The summed E-state index contributed by atoms with van der Waals surface area (Å²) in [5.41, 5.74) is -0.0384. The van der Waals surface area contributed by atoms with Crippen molar-refractivity contribution in [3.63, 3.8) is 0 Å². The Bertz CT molecular complexity index is 493. The van der Waals surface area contributed by atoms with Crippen molar-refractivity contribution in [3.05, 3.63) is 22.5 Å². The van der Waals surface area contributed by atoms with E-state index in [0.29, 0.717) is 19.1 Å². The van der Waals surface area contributed by atoms with Gasteiger partial charge in [-0.2, -0.15) is 5.10 Å². The Kier molecular flexibility index (Phi) is 6.57. The van der Waals surface area contributed by atoms with Gasteiger partial charge in [-0.3, -0.25) is 19.6 Å². The lowest BCUT2D eigenvalue weighted by atomic mass is 9.92. The normalized spacial score (nSPS) is 21.4. The van der Waals surface area contributed by atoms with Crippen molar-refractivity contribution in [1.82, 2.24) is 20.4 Å². The molecule has 8 nitrogen and oxygen atoms in total. The average Bonchev–Trinajstić information content (AvgIpc) is 2.87. The molecule has 1 saturated heterocycles. The number of amides is 1. The maximum Gasteiger partial charge on any atom is 0.306 e. The maximum atomic E-state index is 12.0. The largest absolute Gasteiger partial charge is 0.354 e. The van der Waals surface area contributed by atoms with E-state index in [1.807, 2.05) is 0 Å². The summed E-state index contributed by atoms with van der Waals surface area (Å²) in [6, 6.07) is 0.369. The number of nitrogens with zero attached hydrogens (tertiary/aromatic N) is 3. The number of hydrogen-bond donors (Lipinski definition) is 2. The van der Waals surface area contributed by atoms with Crippen LogP contribution < -0.4 is 10.6 Å². The highest BCUT2D eigenvalue weighted by Gasteiger charge is 2.24. The lowest BCUT2D eigenvalue weighted by Crippen LogP contribution is -2.43. The molecule has 0 aliphatic carbocycles. The fourth-order valence-electron chi connectivity index (χ4n) is 2.38. The Labute approximate surface area is 128 Å². The van der Waals surface area contributed by atoms with Gasteiger partial charge in [-0.25, -0.2) is 0 Å². The topological polar surface area (TPSA) is 102 Å². The van der Waals surface area contributed by atoms with Gasteiger partial charge in [0.25, 0.3) is 0 Å². The molecule has 0 bridgehead atoms. The molecule has 0 radical (unpaired) electrons. The van der Waals surface area contributed by atoms with Gasteiger partial charge in [0.15, 0.2) is 0 Å². The molecule has 0 saturated carbocycles. The van der Waals surface area contributed by atoms with Crippen molar-refractivity contribution >= 4 is 24.0 Å². The fourth-order valence-corrected chi connectivity index (χ4v) is 2.38. The number of piperidine rings is 1. The van der Waals surface area contributed by atoms with Crippen molar-refractivity contribution in [2.75, 3.05) is 13.1 Å². The monoisotopic (exact) mass is 317 g/mol. The van der Waals surface area contributed by atoms with Gasteiger partial charge in [0.2, 0.25) is 5.91 Å². The zero-order chi connectivity index (χ0) is 14.5. The minimum absolute atomic E-state index is 0. The van der Waals surface area contributed by atoms with Crippen molar-refractivity contribution in [1.29, 1.82) is 0 Å². The molecule has 2 rings (SSSR count). The number of carbonyl (C=O) groups excluding carboxylic acids is 1. The number of nitrogens with one attached hydrogen (secondary N) is 2. The molecule has 0 aromatic carbocycles. The molecular weight excluding hydrogens is 298 g/mol. The number of aromatic nitrogens is 2. The van der Waals surface area contributed by atoms with Crippen LogP contribution in [0.2, 0.25) is 0 Å². The SMILES string of the molecule is C[C@H]1C[C@@H](C(=O)NCCn2cc([N+](=O)[O-])cn2)CCN1.Cl. The van der Waals surface area contributed by atoms with Gasteiger partial charge < -0.3 is 10.6 Å². The first-order valence-corrected chi connectivity index (χ1v) is 6.74. The Balaban J connectivity index is 0.00000220. The van der Waals surface area contributed by atoms with Crippen LogP contribution in [0.15, 0.2) is 12.4 Å². The van der Waals surface area contributed by atoms with Gasteiger partial charge in [-0.05, 0) is 26.3 Å². The van der Waals surface area contributed by atoms with E-state index in [0.717, 1.165) is 19.4 Å². The van der Waals surface area contributed by atoms with Gasteiger partial charge in [-0.1, -0.05) is 0 Å². The number of carbonyl (C=O) groups is 1. The van der Waals surface area contributed by atoms with Gasteiger partial charge >= 0.3 is 5.69 Å². The van der Waals surface area contributed by atoms with Crippen molar-refractivity contribution in [2.45, 2.75) is 32.4 Å². The highest BCUT2D eigenvalue weighted by Crippen LogP contribution is 2.15. The van der Waals surface area contributed by atoms with Crippen LogP contribution in [0.25, 0.3) is 0 Å². The van der Waals surface area contributed by atoms with Crippen LogP contribution in [0.3, 0.4) is 0 Å². The summed E-state index contributed by atoms with van der Waals surface area (Å²) >= 11 is 0. The summed E-state index contributed by atoms with van der Waals surface area (Å²) in [7, 11) is 0. The maximum absolute atomic E-state index is 12.0. The molecule has 0 spiro atoms. The minimum Gasteiger partial charge on any atom is -0.354 e. The Morgan fingerprint density at radius 1 is 1.67 bits per heavy atom. The van der Waals surface area contributed by atoms with E-state index in [4.69, 9.17) is 0 Å². The van der Waals surface area contributed by atoms with E-state index >= 15 is 0 Å². The molecule has 2 heterocycles. The number of nitro groups is 1. The van der Waals surface area contributed by atoms with Gasteiger partial charge in [-0.15, -0.1) is 12.4 Å². The molecule has 1 aromatic heterocycles. The second kappa shape index (κ2) is 7.94. The average molecular weight is 318 g/mol. The van der Waals surface area contributed by atoms with E-state index in [-0.39, 0.29) is 29.9 Å². The zero-order valence-corrected chi connectivity index (χ0v) is 12.6. The van der Waals surface area contributed by atoms with Crippen LogP contribution in [0, 0.1) is 16.0 Å². The van der Waals surface area contributed by atoms with Crippen LogP contribution in [0.5, 0.6) is 0 Å². The number of rotatable bonds is 5. The van der Waals surface area contributed by atoms with Crippen LogP contribution >= 0.6 is 12.4 Å². The molecule has 9 heteroatoms. The molecule has 2 N–H and O–H groups in total. The summed E-state index contributed by atoms with van der Waals surface area (Å²) in [5, 5.41) is 20.5. The van der Waals surface area contributed by atoms with Crippen LogP contribution in [-0.4, -0.2) is 39.7 Å². The second-order valence-electron chi connectivity index (χ2n) is 5.09. The Hall–Kier alpha value is -1.67. The smallest absolute Gasteiger partial charge is 0.306 e. The van der Waals surface area contributed by atoms with E-state index in [2.05, 4.69) is 22.7 Å². The van der Waals surface area contributed by atoms with Gasteiger partial charge in [0, 0.05) is 18.5 Å². The standard InChI is InChI=1S/C12H19N5O3.ClH/c1-9-6-10(2-3-13-9)12(18)14-4-5-16-8-11(7-15-16)17(19)20;/h7-10,13H,2-6H2,1H3,(H,14,18);1H/t9-,10-;/m0./s1. The summed E-state index contributed by atoms with van der Waals surface area (Å²) in [5.74, 6) is 0.109. The minimum atomic E-state index is -0.488. The highest BCUT2D eigenvalue weighted by atomic mass is 35.5. The predicted octanol–water partition coefficient (Wildman–Crippen LogP) is 0.717. The van der Waals surface area contributed by atoms with Crippen LogP contribution in [0.4, 0.5) is 5.69 Å². The summed E-state index contributed by atoms with van der Waals surface area (Å²) < 4.78 is 1.46. The predicted molar refractivity (Wildman–Crippen MR) is 79.3 cm³/mol. The van der Waals surface area contributed by atoms with E-state index in [1.54, 1.807) is 0 Å². The highest BCUT2D eigenvalue weighted by molar-refractivity contribution is 5.85. The summed E-state index contributed by atoms with van der Waals surface area (Å²) in [6.45, 7) is 3.79. The molecule has 1 aliphatic heterocycles. The van der Waals surface area contributed by atoms with Gasteiger partial charge in [0.05, 0.1) is 11.5 Å². The summed E-state index contributed by atoms with van der Waals surface area (Å²) in [4.78, 5) is 22.0. The molecule has 1 aromatic rings. The number of hydrogen-bond acceptors (Lipinski definition) is 5. The molecule has 1 amide bonds. The molecule has 0 unspecified atom stereocenters. The molecule has 118 valence electrons. The molecule has 21 heavy (non-hydrogen) atoms. The third-order valence-electron chi connectivity index (χ3n) is 3.47. The van der Waals surface area contributed by atoms with Crippen molar-refractivity contribution < 1.29 is 9.72 Å². The summed E-state index contributed by atoms with van der Waals surface area (Å²) in [6.07, 6.45) is 4.26. The van der Waals surface area contributed by atoms with Gasteiger partial charge in [0.1, 0.15) is 12.4 Å². The van der Waals surface area contributed by atoms with E-state index in [1.165, 1.54) is 17.1 Å². The van der Waals surface area contributed by atoms with E-state index < -0.39 is 4.92 Å². The first-order chi connectivity index (χ1) is 9.56. The quantitative estimate of drug-likeness (QED) is 0.615. The Morgan fingerprint density at radius 2 is 2.43 bits per heavy atom. The lowest BCUT2D eigenvalue weighted by Gasteiger charge is -2.27. The van der Waals surface area contributed by atoms with Crippen LogP contribution in [-0.2, 0) is 11.3 Å². The zero-order valence-electron chi connectivity index (χ0n) is 11.8. The molecular formula is C12H20ClN5O3. The van der Waals surface area contributed by atoms with Crippen LogP contribution in [0.1, 0.15) is 19.8 Å². The third kappa shape index (κ3) is 4.98. The first-order valence-electron chi connectivity index (χ1n) is 6.74. The van der Waals surface area contributed by atoms with Crippen molar-refractivity contribution in [2.24, 2.45) is 5.92 Å². The molecule has 2 atom stereocenters. The first kappa shape index (κ1) is 17.4. The third-order valence-corrected chi connectivity index (χ3v) is 3.47. The van der Waals surface area contributed by atoms with E-state index in [9.17, 15) is 14.9 Å². The second-order valence-corrected chi connectivity index (χ2v) is 5.09. The number of halogens is 1. The lowest BCUT2D eigenvalue weighted by molar-refractivity contribution is -0.385. The van der Waals surface area contributed by atoms with Crippen molar-refractivity contribution in [3.8, 4) is 0 Å². The molecule has 1 aliphatic rings. The molecule has 1 fully saturated rings. The fraction of sp³-hybridized carbons (Fsp3) is 0.667.